The van der Waals surface area contributed by atoms with Gasteiger partial charge in [-0.2, -0.15) is 5.26 Å². The van der Waals surface area contributed by atoms with E-state index in [0.717, 1.165) is 5.56 Å². The van der Waals surface area contributed by atoms with Crippen LogP contribution in [0, 0.1) is 17.1 Å². The number of hydrogen-bond acceptors (Lipinski definition) is 6. The average Bonchev–Trinajstić information content (AvgIpc) is 3.41. The topological polar surface area (TPSA) is 98.8 Å². The molecule has 3 aromatic rings. The number of carbonyl (C=O) groups is 1. The third kappa shape index (κ3) is 6.33. The summed E-state index contributed by atoms with van der Waals surface area (Å²) in [6.45, 7) is 0.643. The molecule has 3 rings (SSSR count). The molecule has 0 aliphatic carbocycles. The molecule has 7 nitrogen and oxygen atoms in total. The maximum Gasteiger partial charge on any atom is 0.233 e. The molecule has 0 radical (unpaired) electrons. The molecule has 2 heterocycles. The molecule has 0 atom stereocenters. The number of furan rings is 1. The predicted octanol–water partition coefficient (Wildman–Crippen LogP) is 3.74. The molecule has 0 spiro atoms. The van der Waals surface area contributed by atoms with Crippen molar-refractivity contribution < 1.29 is 13.6 Å². The number of benzene rings is 1. The summed E-state index contributed by atoms with van der Waals surface area (Å²) in [7, 11) is 0. The lowest BCUT2D eigenvalue weighted by atomic mass is 10.2. The van der Waals surface area contributed by atoms with E-state index < -0.39 is 0 Å². The summed E-state index contributed by atoms with van der Waals surface area (Å²) >= 11 is 1.21. The number of nitrogens with one attached hydrogen (secondary N) is 1. The van der Waals surface area contributed by atoms with E-state index in [1.54, 1.807) is 47.6 Å². The molecule has 0 saturated heterocycles. The number of hydrogen-bond donors (Lipinski definition) is 1. The molecule has 0 saturated carbocycles. The second kappa shape index (κ2) is 10.2. The Balaban J connectivity index is 1.55. The minimum absolute atomic E-state index is 0.130. The lowest BCUT2D eigenvalue weighted by molar-refractivity contribution is -0.129. The quantitative estimate of drug-likeness (QED) is 0.539. The second-order valence-corrected chi connectivity index (χ2v) is 6.92. The lowest BCUT2D eigenvalue weighted by Crippen LogP contribution is -2.32. The Morgan fingerprint density at radius 3 is 2.86 bits per heavy atom. The molecule has 9 heteroatoms. The largest absolute Gasteiger partial charge is 0.467 e. The minimum atomic E-state index is -0.291. The lowest BCUT2D eigenvalue weighted by Gasteiger charge is -2.19. The minimum Gasteiger partial charge on any atom is -0.467 e. The number of nitriles is 1. The van der Waals surface area contributed by atoms with E-state index in [-0.39, 0.29) is 23.9 Å². The van der Waals surface area contributed by atoms with Crippen LogP contribution in [0.15, 0.2) is 52.2 Å². The van der Waals surface area contributed by atoms with Gasteiger partial charge >= 0.3 is 0 Å². The van der Waals surface area contributed by atoms with E-state index in [4.69, 9.17) is 9.68 Å². The van der Waals surface area contributed by atoms with Gasteiger partial charge in [0.15, 0.2) is 0 Å². The Morgan fingerprint density at radius 2 is 2.14 bits per heavy atom. The highest BCUT2D eigenvalue weighted by atomic mass is 32.2. The van der Waals surface area contributed by atoms with Crippen LogP contribution in [-0.2, 0) is 11.3 Å². The zero-order valence-corrected chi connectivity index (χ0v) is 16.2. The van der Waals surface area contributed by atoms with Gasteiger partial charge in [-0.25, -0.2) is 9.37 Å². The van der Waals surface area contributed by atoms with Crippen LogP contribution in [0.25, 0.3) is 12.2 Å². The molecule has 0 fully saturated rings. The number of aromatic nitrogens is 3. The average molecular weight is 411 g/mol. The highest BCUT2D eigenvalue weighted by Crippen LogP contribution is 2.16. The fourth-order valence-corrected chi connectivity index (χ4v) is 3.14. The fraction of sp³-hybridized carbons (Fsp3) is 0.200. The number of amides is 1. The maximum atomic E-state index is 12.9. The molecule has 0 aliphatic rings. The fourth-order valence-electron chi connectivity index (χ4n) is 2.43. The number of H-pyrrole nitrogens is 1. The van der Waals surface area contributed by atoms with E-state index in [0.29, 0.717) is 29.8 Å². The summed E-state index contributed by atoms with van der Waals surface area (Å²) in [6.07, 6.45) is 5.30. The Labute approximate surface area is 171 Å². The molecular formula is C20H18FN5O2S. The normalized spacial score (nSPS) is 10.9. The molecule has 29 heavy (non-hydrogen) atoms. The summed E-state index contributed by atoms with van der Waals surface area (Å²) in [4.78, 5) is 18.4. The van der Waals surface area contributed by atoms with Gasteiger partial charge in [0.25, 0.3) is 0 Å². The molecule has 0 aliphatic heterocycles. The molecule has 1 N–H and O–H groups in total. The van der Waals surface area contributed by atoms with Gasteiger partial charge < -0.3 is 9.32 Å². The van der Waals surface area contributed by atoms with Crippen molar-refractivity contribution in [3.05, 3.63) is 65.6 Å². The molecule has 2 aromatic heterocycles. The first-order valence-corrected chi connectivity index (χ1v) is 9.78. The first kappa shape index (κ1) is 20.4. The van der Waals surface area contributed by atoms with Crippen LogP contribution in [0.4, 0.5) is 4.39 Å². The number of thioether (sulfide) groups is 1. The Morgan fingerprint density at radius 1 is 1.31 bits per heavy atom. The van der Waals surface area contributed by atoms with Gasteiger partial charge in [-0.15, -0.1) is 5.10 Å². The predicted molar refractivity (Wildman–Crippen MR) is 107 cm³/mol. The van der Waals surface area contributed by atoms with E-state index in [9.17, 15) is 9.18 Å². The van der Waals surface area contributed by atoms with Gasteiger partial charge in [0.1, 0.15) is 17.4 Å². The summed E-state index contributed by atoms with van der Waals surface area (Å²) in [5, 5.41) is 16.1. The summed E-state index contributed by atoms with van der Waals surface area (Å²) < 4.78 is 18.2. The third-order valence-corrected chi connectivity index (χ3v) is 4.72. The van der Waals surface area contributed by atoms with Crippen molar-refractivity contribution in [3.8, 4) is 6.07 Å². The van der Waals surface area contributed by atoms with Crippen molar-refractivity contribution >= 4 is 29.8 Å². The van der Waals surface area contributed by atoms with Gasteiger partial charge in [0, 0.05) is 6.54 Å². The van der Waals surface area contributed by atoms with Gasteiger partial charge in [0.05, 0.1) is 31.1 Å². The van der Waals surface area contributed by atoms with E-state index in [1.165, 1.54) is 23.9 Å². The second-order valence-electron chi connectivity index (χ2n) is 5.98. The van der Waals surface area contributed by atoms with Crippen LogP contribution < -0.4 is 0 Å². The van der Waals surface area contributed by atoms with Gasteiger partial charge in [-0.05, 0) is 35.9 Å². The van der Waals surface area contributed by atoms with Crippen LogP contribution >= 0.6 is 11.8 Å². The molecule has 148 valence electrons. The van der Waals surface area contributed by atoms with Gasteiger partial charge in [-0.1, -0.05) is 30.0 Å². The number of rotatable bonds is 9. The SMILES string of the molecule is N#CCCN(Cc1ccco1)C(=O)CSc1n[nH]c(/C=C\c2ccc(F)cc2)n1. The zero-order chi connectivity index (χ0) is 20.5. The molecule has 1 amide bonds. The highest BCUT2D eigenvalue weighted by molar-refractivity contribution is 7.99. The number of carbonyl (C=O) groups excluding carboxylic acids is 1. The van der Waals surface area contributed by atoms with Gasteiger partial charge in [0.2, 0.25) is 11.1 Å². The van der Waals surface area contributed by atoms with Crippen molar-refractivity contribution in [2.24, 2.45) is 0 Å². The Hall–Kier alpha value is -3.38. The van der Waals surface area contributed by atoms with E-state index in [2.05, 4.69) is 21.3 Å². The van der Waals surface area contributed by atoms with E-state index in [1.807, 2.05) is 0 Å². The van der Waals surface area contributed by atoms with E-state index >= 15 is 0 Å². The van der Waals surface area contributed by atoms with Gasteiger partial charge in [-0.3, -0.25) is 9.89 Å². The smallest absolute Gasteiger partial charge is 0.233 e. The standard InChI is InChI=1S/C20H18FN5O2S/c21-16-7-4-15(5-8-16)6-9-18-23-20(25-24-18)29-14-19(27)26(11-2-10-22)13-17-3-1-12-28-17/h1,3-9,12H,2,11,13-14H2,(H,23,24,25)/b9-6-. The number of nitrogens with zero attached hydrogens (tertiary/aromatic N) is 4. The van der Waals surface area contributed by atoms with Crippen molar-refractivity contribution in [2.45, 2.75) is 18.1 Å². The van der Waals surface area contributed by atoms with Crippen LogP contribution in [0.1, 0.15) is 23.6 Å². The highest BCUT2D eigenvalue weighted by Gasteiger charge is 2.16. The molecular weight excluding hydrogens is 393 g/mol. The Kier molecular flexibility index (Phi) is 7.19. The summed E-state index contributed by atoms with van der Waals surface area (Å²) in [6, 6.07) is 11.7. The monoisotopic (exact) mass is 411 g/mol. The van der Waals surface area contributed by atoms with Crippen molar-refractivity contribution in [3.63, 3.8) is 0 Å². The molecule has 0 unspecified atom stereocenters. The zero-order valence-electron chi connectivity index (χ0n) is 15.4. The van der Waals surface area contributed by atoms with Crippen LogP contribution in [-0.4, -0.2) is 38.3 Å². The molecule has 0 bridgehead atoms. The van der Waals surface area contributed by atoms with Crippen molar-refractivity contribution in [1.29, 1.82) is 5.26 Å². The van der Waals surface area contributed by atoms with Crippen LogP contribution in [0.5, 0.6) is 0 Å². The maximum absolute atomic E-state index is 12.9. The van der Waals surface area contributed by atoms with Crippen molar-refractivity contribution in [2.75, 3.05) is 12.3 Å². The first-order chi connectivity index (χ1) is 14.1. The Bertz CT molecular complexity index is 993. The van der Waals surface area contributed by atoms with Crippen molar-refractivity contribution in [1.82, 2.24) is 20.1 Å². The first-order valence-electron chi connectivity index (χ1n) is 8.80. The van der Waals surface area contributed by atoms with Crippen LogP contribution in [0.2, 0.25) is 0 Å². The molecule has 1 aromatic carbocycles. The summed E-state index contributed by atoms with van der Waals surface area (Å²) in [5.74, 6) is 0.912. The number of aromatic amines is 1. The summed E-state index contributed by atoms with van der Waals surface area (Å²) in [5.41, 5.74) is 0.832. The van der Waals surface area contributed by atoms with Crippen LogP contribution in [0.3, 0.4) is 0 Å². The third-order valence-electron chi connectivity index (χ3n) is 3.88. The number of halogens is 1.